The van der Waals surface area contributed by atoms with E-state index in [9.17, 15) is 22.8 Å². The number of halogens is 3. The first-order chi connectivity index (χ1) is 21.0. The summed E-state index contributed by atoms with van der Waals surface area (Å²) in [6.07, 6.45) is -8.07. The molecule has 236 valence electrons. The van der Waals surface area contributed by atoms with Gasteiger partial charge < -0.3 is 38.1 Å². The van der Waals surface area contributed by atoms with Crippen LogP contribution in [0.1, 0.15) is 36.1 Å². The smallest absolute Gasteiger partial charge is 0.497 e. The molecule has 0 fully saturated rings. The third-order valence-electron chi connectivity index (χ3n) is 6.84. The molecular formula is C31H32F3NO9. The summed E-state index contributed by atoms with van der Waals surface area (Å²) in [5.41, 5.74) is 1.24. The maximum atomic E-state index is 14.2. The topological polar surface area (TPSA) is 102 Å². The summed E-state index contributed by atoms with van der Waals surface area (Å²) < 4.78 is 77.5. The van der Waals surface area contributed by atoms with Crippen molar-refractivity contribution in [1.29, 1.82) is 0 Å². The summed E-state index contributed by atoms with van der Waals surface area (Å²) in [6, 6.07) is 13.5. The van der Waals surface area contributed by atoms with Gasteiger partial charge in [-0.1, -0.05) is 12.1 Å². The highest BCUT2D eigenvalue weighted by Crippen LogP contribution is 2.46. The standard InChI is InChI=1S/C31H32F3NO9/c1-6-42-27(36)16-26-30(37)35(17-18-10-11-19(38-2)15-25(18)40-4)23-13-12-20(44-31(32,33)34)14-22(23)28(43-26)21-8-7-9-24(39-3)29(21)41-5/h7-15,26,28H,6,16-17H2,1-5H3/t26-,28-/m1/s1. The summed E-state index contributed by atoms with van der Waals surface area (Å²) in [5, 5.41) is 0. The number of anilines is 1. The molecule has 0 saturated heterocycles. The van der Waals surface area contributed by atoms with Crippen molar-refractivity contribution in [3.05, 3.63) is 71.3 Å². The predicted molar refractivity (Wildman–Crippen MR) is 151 cm³/mol. The van der Waals surface area contributed by atoms with E-state index in [2.05, 4.69) is 4.74 Å². The van der Waals surface area contributed by atoms with E-state index in [4.69, 9.17) is 28.4 Å². The van der Waals surface area contributed by atoms with Gasteiger partial charge in [-0.3, -0.25) is 9.59 Å². The van der Waals surface area contributed by atoms with Crippen LogP contribution in [0.15, 0.2) is 54.6 Å². The Morgan fingerprint density at radius 3 is 2.25 bits per heavy atom. The molecule has 0 aliphatic carbocycles. The van der Waals surface area contributed by atoms with Crippen molar-refractivity contribution in [3.8, 4) is 28.7 Å². The molecule has 3 aromatic carbocycles. The zero-order valence-corrected chi connectivity index (χ0v) is 24.7. The number of benzene rings is 3. The van der Waals surface area contributed by atoms with Gasteiger partial charge >= 0.3 is 12.3 Å². The number of hydrogen-bond acceptors (Lipinski definition) is 9. The van der Waals surface area contributed by atoms with E-state index in [0.29, 0.717) is 28.4 Å². The Morgan fingerprint density at radius 1 is 0.886 bits per heavy atom. The van der Waals surface area contributed by atoms with E-state index in [1.807, 2.05) is 0 Å². The van der Waals surface area contributed by atoms with Crippen LogP contribution in [0.4, 0.5) is 18.9 Å². The lowest BCUT2D eigenvalue weighted by Gasteiger charge is -2.26. The Morgan fingerprint density at radius 2 is 1.61 bits per heavy atom. The van der Waals surface area contributed by atoms with Gasteiger partial charge in [-0.15, -0.1) is 13.2 Å². The first-order valence-electron chi connectivity index (χ1n) is 13.5. The summed E-state index contributed by atoms with van der Waals surface area (Å²) in [7, 11) is 5.77. The quantitative estimate of drug-likeness (QED) is 0.254. The minimum absolute atomic E-state index is 0.0675. The lowest BCUT2D eigenvalue weighted by molar-refractivity contribution is -0.274. The van der Waals surface area contributed by atoms with E-state index in [-0.39, 0.29) is 30.2 Å². The van der Waals surface area contributed by atoms with E-state index in [0.717, 1.165) is 12.1 Å². The lowest BCUT2D eigenvalue weighted by atomic mass is 9.97. The molecule has 0 aromatic heterocycles. The summed E-state index contributed by atoms with van der Waals surface area (Å²) in [6.45, 7) is 1.60. The highest BCUT2D eigenvalue weighted by molar-refractivity contribution is 6.00. The molecule has 4 rings (SSSR count). The maximum Gasteiger partial charge on any atom is 0.573 e. The van der Waals surface area contributed by atoms with Crippen LogP contribution in [0.5, 0.6) is 28.7 Å². The average Bonchev–Trinajstić information content (AvgIpc) is 3.10. The van der Waals surface area contributed by atoms with E-state index >= 15 is 0 Å². The Hall–Kier alpha value is -4.65. The molecule has 13 heteroatoms. The van der Waals surface area contributed by atoms with Gasteiger partial charge in [0.1, 0.15) is 29.5 Å². The number of rotatable bonds is 11. The molecule has 2 atom stereocenters. The number of carbonyl (C=O) groups excluding carboxylic acids is 2. The summed E-state index contributed by atoms with van der Waals surface area (Å²) >= 11 is 0. The van der Waals surface area contributed by atoms with Gasteiger partial charge in [0.05, 0.1) is 53.7 Å². The van der Waals surface area contributed by atoms with Gasteiger partial charge in [0, 0.05) is 22.8 Å². The molecule has 0 spiro atoms. The molecule has 1 aliphatic rings. The Balaban J connectivity index is 1.96. The number of para-hydroxylation sites is 1. The third-order valence-corrected chi connectivity index (χ3v) is 6.84. The van der Waals surface area contributed by atoms with Crippen LogP contribution in [-0.2, 0) is 25.6 Å². The molecular weight excluding hydrogens is 587 g/mol. The van der Waals surface area contributed by atoms with Crippen LogP contribution >= 0.6 is 0 Å². The molecule has 1 heterocycles. The largest absolute Gasteiger partial charge is 0.573 e. The number of esters is 1. The molecule has 1 amide bonds. The molecule has 44 heavy (non-hydrogen) atoms. The number of fused-ring (bicyclic) bond motifs is 1. The number of alkyl halides is 3. The normalized spacial score (nSPS) is 16.5. The first kappa shape index (κ1) is 32.3. The van der Waals surface area contributed by atoms with Crippen molar-refractivity contribution in [2.75, 3.05) is 39.9 Å². The molecule has 0 saturated carbocycles. The van der Waals surface area contributed by atoms with Crippen LogP contribution in [0.25, 0.3) is 0 Å². The van der Waals surface area contributed by atoms with Crippen LogP contribution in [0.3, 0.4) is 0 Å². The SMILES string of the molecule is CCOC(=O)C[C@H]1O[C@H](c2cccc(OC)c2OC)c2cc(OC(F)(F)F)ccc2N(Cc2ccc(OC)cc2OC)C1=O. The Kier molecular flexibility index (Phi) is 10.1. The van der Waals surface area contributed by atoms with Crippen molar-refractivity contribution < 1.29 is 55.9 Å². The van der Waals surface area contributed by atoms with Crippen LogP contribution < -0.4 is 28.6 Å². The Labute approximate surface area is 252 Å². The molecule has 0 radical (unpaired) electrons. The number of amides is 1. The van der Waals surface area contributed by atoms with Gasteiger partial charge in [0.2, 0.25) is 0 Å². The predicted octanol–water partition coefficient (Wildman–Crippen LogP) is 5.59. The van der Waals surface area contributed by atoms with Gasteiger partial charge in [0.25, 0.3) is 5.91 Å². The van der Waals surface area contributed by atoms with Gasteiger partial charge in [-0.25, -0.2) is 0 Å². The minimum atomic E-state index is -4.98. The highest BCUT2D eigenvalue weighted by atomic mass is 19.4. The number of carbonyl (C=O) groups is 2. The highest BCUT2D eigenvalue weighted by Gasteiger charge is 2.40. The lowest BCUT2D eigenvalue weighted by Crippen LogP contribution is -2.40. The van der Waals surface area contributed by atoms with Crippen molar-refractivity contribution in [2.24, 2.45) is 0 Å². The average molecular weight is 620 g/mol. The summed E-state index contributed by atoms with van der Waals surface area (Å²) in [4.78, 5) is 28.2. The number of nitrogens with zero attached hydrogens (tertiary/aromatic N) is 1. The fraction of sp³-hybridized carbons (Fsp3) is 0.355. The van der Waals surface area contributed by atoms with E-state index in [1.165, 1.54) is 39.4 Å². The van der Waals surface area contributed by atoms with Crippen molar-refractivity contribution >= 4 is 17.6 Å². The second-order valence-electron chi connectivity index (χ2n) is 9.47. The van der Waals surface area contributed by atoms with E-state index in [1.54, 1.807) is 43.3 Å². The van der Waals surface area contributed by atoms with Crippen LogP contribution in [-0.4, -0.2) is 59.4 Å². The maximum absolute atomic E-state index is 14.2. The Bertz CT molecular complexity index is 1490. The fourth-order valence-corrected chi connectivity index (χ4v) is 4.96. The van der Waals surface area contributed by atoms with Gasteiger partial charge in [-0.2, -0.15) is 0 Å². The van der Waals surface area contributed by atoms with Gasteiger partial charge in [-0.05, 0) is 43.3 Å². The second-order valence-corrected chi connectivity index (χ2v) is 9.47. The van der Waals surface area contributed by atoms with Crippen LogP contribution in [0, 0.1) is 0 Å². The van der Waals surface area contributed by atoms with E-state index < -0.39 is 42.6 Å². The molecule has 10 nitrogen and oxygen atoms in total. The zero-order valence-electron chi connectivity index (χ0n) is 24.7. The first-order valence-corrected chi connectivity index (χ1v) is 13.5. The summed E-state index contributed by atoms with van der Waals surface area (Å²) in [5.74, 6) is -0.423. The minimum Gasteiger partial charge on any atom is -0.497 e. The second kappa shape index (κ2) is 13.8. The van der Waals surface area contributed by atoms with Crippen molar-refractivity contribution in [3.63, 3.8) is 0 Å². The molecule has 0 unspecified atom stereocenters. The number of hydrogen-bond donors (Lipinski definition) is 0. The van der Waals surface area contributed by atoms with Crippen molar-refractivity contribution in [1.82, 2.24) is 0 Å². The third kappa shape index (κ3) is 7.10. The monoisotopic (exact) mass is 619 g/mol. The zero-order chi connectivity index (χ0) is 32.0. The van der Waals surface area contributed by atoms with Gasteiger partial charge in [0.15, 0.2) is 11.5 Å². The molecule has 3 aromatic rings. The molecule has 0 N–H and O–H groups in total. The number of ether oxygens (including phenoxy) is 7. The molecule has 1 aliphatic heterocycles. The van der Waals surface area contributed by atoms with Crippen LogP contribution in [0.2, 0.25) is 0 Å². The fourth-order valence-electron chi connectivity index (χ4n) is 4.96. The number of methoxy groups -OCH3 is 4. The van der Waals surface area contributed by atoms with Crippen molar-refractivity contribution in [2.45, 2.75) is 38.5 Å². The molecule has 0 bridgehead atoms.